The van der Waals surface area contributed by atoms with Crippen LogP contribution in [0.5, 0.6) is 5.88 Å². The van der Waals surface area contributed by atoms with Crippen LogP contribution in [0.4, 0.5) is 5.82 Å². The average Bonchev–Trinajstić information content (AvgIpc) is 2.38. The third-order valence-electron chi connectivity index (χ3n) is 4.10. The number of nitrogens with zero attached hydrogens (tertiary/aromatic N) is 1. The van der Waals surface area contributed by atoms with Gasteiger partial charge >= 0.3 is 0 Å². The molecule has 2 rings (SSSR count). The third-order valence-corrected chi connectivity index (χ3v) is 4.10. The lowest BCUT2D eigenvalue weighted by Crippen LogP contribution is -2.36. The molecule has 4 heteroatoms. The Morgan fingerprint density at radius 3 is 2.84 bits per heavy atom. The number of ether oxygens (including phenoxy) is 1. The van der Waals surface area contributed by atoms with Crippen LogP contribution in [0.3, 0.4) is 0 Å². The highest BCUT2D eigenvalue weighted by Crippen LogP contribution is 2.35. The fraction of sp³-hybridized carbons (Fsp3) is 0.667. The summed E-state index contributed by atoms with van der Waals surface area (Å²) < 4.78 is 6.14. The Morgan fingerprint density at radius 2 is 2.16 bits per heavy atom. The molecule has 3 N–H and O–H groups in total. The first-order valence-electron chi connectivity index (χ1n) is 7.20. The van der Waals surface area contributed by atoms with E-state index in [0.717, 1.165) is 12.3 Å². The average molecular weight is 263 g/mol. The lowest BCUT2D eigenvalue weighted by atomic mass is 9.75. The molecule has 106 valence electrons. The number of nitrogens with one attached hydrogen (secondary N) is 1. The van der Waals surface area contributed by atoms with Gasteiger partial charge < -0.3 is 10.2 Å². The first-order valence-corrected chi connectivity index (χ1v) is 7.20. The van der Waals surface area contributed by atoms with Crippen molar-refractivity contribution >= 4 is 5.82 Å². The number of rotatable bonds is 4. The minimum atomic E-state index is 0.268. The molecule has 1 aliphatic carbocycles. The van der Waals surface area contributed by atoms with Crippen molar-refractivity contribution in [2.24, 2.45) is 23.6 Å². The standard InChI is InChI=1S/C15H25N3O/c1-10(2)12-8-7-11(3)9-13(12)19-15-6-4-5-14(17-15)18-16/h4-6,10-13H,7-9,16H2,1-3H3,(H,17,18). The van der Waals surface area contributed by atoms with Crippen molar-refractivity contribution in [1.82, 2.24) is 4.98 Å². The quantitative estimate of drug-likeness (QED) is 0.647. The number of nitrogens with two attached hydrogens (primary N) is 1. The molecule has 0 amide bonds. The van der Waals surface area contributed by atoms with Gasteiger partial charge in [-0.25, -0.2) is 5.84 Å². The zero-order chi connectivity index (χ0) is 13.8. The van der Waals surface area contributed by atoms with Gasteiger partial charge in [-0.2, -0.15) is 4.98 Å². The van der Waals surface area contributed by atoms with Crippen LogP contribution in [0, 0.1) is 17.8 Å². The van der Waals surface area contributed by atoms with Gasteiger partial charge in [0.05, 0.1) is 0 Å². The van der Waals surface area contributed by atoms with Crippen molar-refractivity contribution in [2.45, 2.75) is 46.1 Å². The summed E-state index contributed by atoms with van der Waals surface area (Å²) in [4.78, 5) is 4.35. The number of anilines is 1. The van der Waals surface area contributed by atoms with Crippen LogP contribution in [-0.2, 0) is 0 Å². The topological polar surface area (TPSA) is 60.2 Å². The molecule has 3 atom stereocenters. The number of hydrogen-bond acceptors (Lipinski definition) is 4. The molecule has 1 aromatic rings. The SMILES string of the molecule is CC1CCC(C(C)C)C(Oc2cccc(NN)n2)C1. The molecule has 1 saturated carbocycles. The van der Waals surface area contributed by atoms with E-state index in [1.165, 1.54) is 12.8 Å². The molecule has 0 aliphatic heterocycles. The molecule has 1 aromatic heterocycles. The van der Waals surface area contributed by atoms with E-state index in [0.29, 0.717) is 23.5 Å². The van der Waals surface area contributed by atoms with Gasteiger partial charge in [-0.15, -0.1) is 0 Å². The van der Waals surface area contributed by atoms with Crippen LogP contribution in [0.1, 0.15) is 40.0 Å². The number of aromatic nitrogens is 1. The first-order chi connectivity index (χ1) is 9.10. The zero-order valence-electron chi connectivity index (χ0n) is 12.1. The Morgan fingerprint density at radius 1 is 1.37 bits per heavy atom. The molecule has 3 unspecified atom stereocenters. The van der Waals surface area contributed by atoms with Crippen LogP contribution in [-0.4, -0.2) is 11.1 Å². The summed E-state index contributed by atoms with van der Waals surface area (Å²) in [5.74, 6) is 8.69. The van der Waals surface area contributed by atoms with Crippen molar-refractivity contribution in [2.75, 3.05) is 5.43 Å². The number of nitrogen functional groups attached to an aromatic ring is 1. The van der Waals surface area contributed by atoms with Crippen LogP contribution >= 0.6 is 0 Å². The maximum absolute atomic E-state index is 6.14. The highest BCUT2D eigenvalue weighted by molar-refractivity contribution is 5.35. The van der Waals surface area contributed by atoms with E-state index < -0.39 is 0 Å². The lowest BCUT2D eigenvalue weighted by Gasteiger charge is -2.37. The van der Waals surface area contributed by atoms with E-state index >= 15 is 0 Å². The smallest absolute Gasteiger partial charge is 0.215 e. The summed E-state index contributed by atoms with van der Waals surface area (Å²) >= 11 is 0. The zero-order valence-corrected chi connectivity index (χ0v) is 12.1. The Hall–Kier alpha value is -1.29. The second-order valence-corrected chi connectivity index (χ2v) is 5.99. The van der Waals surface area contributed by atoms with Gasteiger partial charge in [0.2, 0.25) is 5.88 Å². The first kappa shape index (κ1) is 14.1. The molecule has 0 saturated heterocycles. The van der Waals surface area contributed by atoms with Crippen LogP contribution in [0.15, 0.2) is 18.2 Å². The van der Waals surface area contributed by atoms with Crippen molar-refractivity contribution in [1.29, 1.82) is 0 Å². The molecule has 0 bridgehead atoms. The Kier molecular flexibility index (Phi) is 4.64. The van der Waals surface area contributed by atoms with Crippen LogP contribution < -0.4 is 16.0 Å². The second-order valence-electron chi connectivity index (χ2n) is 5.99. The maximum atomic E-state index is 6.14. The summed E-state index contributed by atoms with van der Waals surface area (Å²) in [6.07, 6.45) is 3.94. The van der Waals surface area contributed by atoms with Gasteiger partial charge in [-0.05, 0) is 36.7 Å². The largest absolute Gasteiger partial charge is 0.474 e. The van der Waals surface area contributed by atoms with Crippen molar-refractivity contribution in [3.05, 3.63) is 18.2 Å². The summed E-state index contributed by atoms with van der Waals surface area (Å²) in [6, 6.07) is 5.64. The van der Waals surface area contributed by atoms with E-state index in [9.17, 15) is 0 Å². The van der Waals surface area contributed by atoms with Gasteiger partial charge in [-0.1, -0.05) is 33.3 Å². The van der Waals surface area contributed by atoms with Crippen molar-refractivity contribution in [3.8, 4) is 5.88 Å². The van der Waals surface area contributed by atoms with E-state index in [1.54, 1.807) is 0 Å². The van der Waals surface area contributed by atoms with E-state index in [1.807, 2.05) is 18.2 Å². The maximum Gasteiger partial charge on any atom is 0.215 e. The molecule has 19 heavy (non-hydrogen) atoms. The van der Waals surface area contributed by atoms with Gasteiger partial charge in [0.25, 0.3) is 0 Å². The number of hydrogen-bond donors (Lipinski definition) is 2. The van der Waals surface area contributed by atoms with E-state index in [4.69, 9.17) is 10.6 Å². The molecule has 0 radical (unpaired) electrons. The Bertz CT molecular complexity index is 408. The minimum absolute atomic E-state index is 0.268. The molecular formula is C15H25N3O. The van der Waals surface area contributed by atoms with Crippen LogP contribution in [0.25, 0.3) is 0 Å². The fourth-order valence-electron chi connectivity index (χ4n) is 2.97. The van der Waals surface area contributed by atoms with Gasteiger partial charge in [0.1, 0.15) is 11.9 Å². The lowest BCUT2D eigenvalue weighted by molar-refractivity contribution is 0.0427. The van der Waals surface area contributed by atoms with Crippen molar-refractivity contribution < 1.29 is 4.74 Å². The minimum Gasteiger partial charge on any atom is -0.474 e. The number of hydrazine groups is 1. The predicted molar refractivity (Wildman–Crippen MR) is 77.8 cm³/mol. The van der Waals surface area contributed by atoms with Gasteiger partial charge in [0, 0.05) is 6.07 Å². The molecule has 1 fully saturated rings. The molecule has 1 heterocycles. The Labute approximate surface area is 115 Å². The fourth-order valence-corrected chi connectivity index (χ4v) is 2.97. The highest BCUT2D eigenvalue weighted by Gasteiger charge is 2.32. The third kappa shape index (κ3) is 3.60. The molecule has 1 aliphatic rings. The van der Waals surface area contributed by atoms with Gasteiger partial charge in [-0.3, -0.25) is 0 Å². The summed E-state index contributed by atoms with van der Waals surface area (Å²) in [5, 5.41) is 0. The summed E-state index contributed by atoms with van der Waals surface area (Å²) in [7, 11) is 0. The monoisotopic (exact) mass is 263 g/mol. The predicted octanol–water partition coefficient (Wildman–Crippen LogP) is 3.21. The Balaban J connectivity index is 2.09. The second kappa shape index (κ2) is 6.24. The molecule has 4 nitrogen and oxygen atoms in total. The van der Waals surface area contributed by atoms with E-state index in [-0.39, 0.29) is 6.10 Å². The highest BCUT2D eigenvalue weighted by atomic mass is 16.5. The summed E-state index contributed by atoms with van der Waals surface area (Å²) in [5.41, 5.74) is 2.56. The van der Waals surface area contributed by atoms with Crippen LogP contribution in [0.2, 0.25) is 0 Å². The molecular weight excluding hydrogens is 238 g/mol. The molecule has 0 spiro atoms. The summed E-state index contributed by atoms with van der Waals surface area (Å²) in [6.45, 7) is 6.86. The van der Waals surface area contributed by atoms with E-state index in [2.05, 4.69) is 31.2 Å². The van der Waals surface area contributed by atoms with Crippen molar-refractivity contribution in [3.63, 3.8) is 0 Å². The number of pyridine rings is 1. The molecule has 0 aromatic carbocycles. The normalized spacial score (nSPS) is 27.3. The van der Waals surface area contributed by atoms with Gasteiger partial charge in [0.15, 0.2) is 0 Å².